The van der Waals surface area contributed by atoms with E-state index in [4.69, 9.17) is 9.47 Å². The number of methoxy groups -OCH3 is 1. The molecule has 0 atom stereocenters. The Hall–Kier alpha value is -1.69. The maximum absolute atomic E-state index is 13.0. The summed E-state index contributed by atoms with van der Waals surface area (Å²) in [5.41, 5.74) is 2.19. The first-order valence-corrected chi connectivity index (χ1v) is 11.1. The lowest BCUT2D eigenvalue weighted by Crippen LogP contribution is -2.50. The van der Waals surface area contributed by atoms with Crippen LogP contribution in [0.3, 0.4) is 0 Å². The van der Waals surface area contributed by atoms with E-state index in [2.05, 4.69) is 41.3 Å². The van der Waals surface area contributed by atoms with Gasteiger partial charge in [-0.2, -0.15) is 0 Å². The molecule has 2 aliphatic heterocycles. The number of carbonyl (C=O) groups excluding carboxylic acids is 1. The van der Waals surface area contributed by atoms with Crippen LogP contribution in [0.1, 0.15) is 36.1 Å². The Labute approximate surface area is 170 Å². The number of fused-ring (bicyclic) bond motifs is 2. The molecule has 1 aromatic heterocycles. The van der Waals surface area contributed by atoms with Gasteiger partial charge >= 0.3 is 0 Å². The van der Waals surface area contributed by atoms with E-state index in [1.165, 1.54) is 20.9 Å². The molecule has 0 N–H and O–H groups in total. The SMILES string of the molecule is COCC1(C(=O)N2CCC3(CC2)OCCc2sc(-c4ccccc4)cc23)CC1. The van der Waals surface area contributed by atoms with E-state index in [1.807, 2.05) is 11.3 Å². The minimum Gasteiger partial charge on any atom is -0.384 e. The first-order valence-electron chi connectivity index (χ1n) is 10.3. The van der Waals surface area contributed by atoms with Crippen LogP contribution in [0.15, 0.2) is 36.4 Å². The van der Waals surface area contributed by atoms with Crippen LogP contribution < -0.4 is 0 Å². The minimum atomic E-state index is -0.235. The lowest BCUT2D eigenvalue weighted by atomic mass is 9.81. The van der Waals surface area contributed by atoms with E-state index in [1.54, 1.807) is 7.11 Å². The first-order chi connectivity index (χ1) is 13.7. The smallest absolute Gasteiger partial charge is 0.231 e. The average Bonchev–Trinajstić information content (AvgIpc) is 3.38. The molecule has 5 heteroatoms. The first kappa shape index (κ1) is 18.3. The number of piperidine rings is 1. The van der Waals surface area contributed by atoms with Crippen LogP contribution in [-0.4, -0.2) is 44.2 Å². The van der Waals surface area contributed by atoms with Gasteiger partial charge in [-0.1, -0.05) is 30.3 Å². The molecular weight excluding hydrogens is 370 g/mol. The lowest BCUT2D eigenvalue weighted by Gasteiger charge is -2.44. The molecule has 1 saturated heterocycles. The van der Waals surface area contributed by atoms with Gasteiger partial charge in [0.2, 0.25) is 5.91 Å². The van der Waals surface area contributed by atoms with Gasteiger partial charge in [0.25, 0.3) is 0 Å². The van der Waals surface area contributed by atoms with Crippen LogP contribution in [0.25, 0.3) is 10.4 Å². The Bertz CT molecular complexity index is 863. The normalized spacial score (nSPS) is 22.1. The second-order valence-electron chi connectivity index (χ2n) is 8.41. The zero-order chi connectivity index (χ0) is 19.2. The predicted octanol–water partition coefficient (Wildman–Crippen LogP) is 4.23. The number of amides is 1. The van der Waals surface area contributed by atoms with Crippen molar-refractivity contribution < 1.29 is 14.3 Å². The number of hydrogen-bond acceptors (Lipinski definition) is 4. The molecule has 0 radical (unpaired) electrons. The highest BCUT2D eigenvalue weighted by molar-refractivity contribution is 7.15. The Kier molecular flexibility index (Phi) is 4.57. The van der Waals surface area contributed by atoms with E-state index in [0.717, 1.165) is 51.8 Å². The lowest BCUT2D eigenvalue weighted by molar-refractivity contribution is -0.147. The van der Waals surface area contributed by atoms with Gasteiger partial charge in [-0.15, -0.1) is 11.3 Å². The summed E-state index contributed by atoms with van der Waals surface area (Å²) in [4.78, 5) is 17.8. The van der Waals surface area contributed by atoms with Crippen LogP contribution in [0, 0.1) is 5.41 Å². The van der Waals surface area contributed by atoms with Crippen molar-refractivity contribution in [3.05, 3.63) is 46.8 Å². The molecule has 2 aromatic rings. The third-order valence-corrected chi connectivity index (χ3v) is 7.90. The molecular formula is C23H27NO3S. The third kappa shape index (κ3) is 3.00. The highest BCUT2D eigenvalue weighted by Crippen LogP contribution is 2.50. The molecule has 1 spiro atoms. The van der Waals surface area contributed by atoms with Crippen LogP contribution in [-0.2, 0) is 26.3 Å². The molecule has 2 fully saturated rings. The summed E-state index contributed by atoms with van der Waals surface area (Å²) in [7, 11) is 1.69. The summed E-state index contributed by atoms with van der Waals surface area (Å²) in [5.74, 6) is 0.288. The summed E-state index contributed by atoms with van der Waals surface area (Å²) in [6.45, 7) is 2.89. The minimum absolute atomic E-state index is 0.216. The maximum atomic E-state index is 13.0. The maximum Gasteiger partial charge on any atom is 0.231 e. The third-order valence-electron chi connectivity index (χ3n) is 6.65. The second-order valence-corrected chi connectivity index (χ2v) is 9.55. The number of rotatable bonds is 4. The van der Waals surface area contributed by atoms with Gasteiger partial charge in [0.15, 0.2) is 0 Å². The van der Waals surface area contributed by atoms with Gasteiger partial charge < -0.3 is 14.4 Å². The molecule has 148 valence electrons. The Balaban J connectivity index is 1.36. The molecule has 3 aliphatic rings. The molecule has 1 aliphatic carbocycles. The van der Waals surface area contributed by atoms with E-state index >= 15 is 0 Å². The molecule has 1 saturated carbocycles. The monoisotopic (exact) mass is 397 g/mol. The van der Waals surface area contributed by atoms with E-state index in [-0.39, 0.29) is 16.9 Å². The molecule has 0 unspecified atom stereocenters. The zero-order valence-corrected chi connectivity index (χ0v) is 17.2. The predicted molar refractivity (Wildman–Crippen MR) is 110 cm³/mol. The zero-order valence-electron chi connectivity index (χ0n) is 16.4. The summed E-state index contributed by atoms with van der Waals surface area (Å²) >= 11 is 1.91. The van der Waals surface area contributed by atoms with Crippen LogP contribution in [0.2, 0.25) is 0 Å². The fourth-order valence-corrected chi connectivity index (χ4v) is 6.07. The van der Waals surface area contributed by atoms with E-state index in [0.29, 0.717) is 6.61 Å². The van der Waals surface area contributed by atoms with Gasteiger partial charge in [0.05, 0.1) is 24.2 Å². The molecule has 1 aromatic carbocycles. The number of carbonyl (C=O) groups is 1. The number of likely N-dealkylation sites (tertiary alicyclic amines) is 1. The van der Waals surface area contributed by atoms with Crippen molar-refractivity contribution in [2.75, 3.05) is 33.4 Å². The largest absolute Gasteiger partial charge is 0.384 e. The molecule has 28 heavy (non-hydrogen) atoms. The van der Waals surface area contributed by atoms with Gasteiger partial charge in [-0.25, -0.2) is 0 Å². The topological polar surface area (TPSA) is 38.8 Å². The van der Waals surface area contributed by atoms with Crippen molar-refractivity contribution in [2.24, 2.45) is 5.41 Å². The van der Waals surface area contributed by atoms with E-state index < -0.39 is 0 Å². The molecule has 0 bridgehead atoms. The Morgan fingerprint density at radius 2 is 1.93 bits per heavy atom. The molecule has 3 heterocycles. The van der Waals surface area contributed by atoms with Crippen LogP contribution >= 0.6 is 11.3 Å². The van der Waals surface area contributed by atoms with Crippen molar-refractivity contribution in [2.45, 2.75) is 37.7 Å². The standard InChI is InChI=1S/C23H27NO3S/c1-26-16-22(8-9-22)21(25)24-12-10-23(11-13-24)18-15-20(17-5-3-2-4-6-17)28-19(18)7-14-27-23/h2-6,15H,7-14,16H2,1H3. The van der Waals surface area contributed by atoms with Crippen LogP contribution in [0.5, 0.6) is 0 Å². The van der Waals surface area contributed by atoms with Gasteiger partial charge in [-0.05, 0) is 42.9 Å². The number of nitrogens with zero attached hydrogens (tertiary/aromatic N) is 1. The van der Waals surface area contributed by atoms with Crippen molar-refractivity contribution in [1.29, 1.82) is 0 Å². The van der Waals surface area contributed by atoms with Crippen LogP contribution in [0.4, 0.5) is 0 Å². The summed E-state index contributed by atoms with van der Waals surface area (Å²) in [5, 5.41) is 0. The summed E-state index contributed by atoms with van der Waals surface area (Å²) < 4.78 is 11.7. The fraction of sp³-hybridized carbons (Fsp3) is 0.522. The number of hydrogen-bond donors (Lipinski definition) is 0. The van der Waals surface area contributed by atoms with E-state index in [9.17, 15) is 4.79 Å². The Morgan fingerprint density at radius 1 is 1.18 bits per heavy atom. The highest BCUT2D eigenvalue weighted by Gasteiger charge is 2.53. The van der Waals surface area contributed by atoms with Crippen molar-refractivity contribution in [3.8, 4) is 10.4 Å². The van der Waals surface area contributed by atoms with Gasteiger partial charge in [0.1, 0.15) is 0 Å². The number of benzene rings is 1. The fourth-order valence-electron chi connectivity index (χ4n) is 4.83. The quantitative estimate of drug-likeness (QED) is 0.775. The van der Waals surface area contributed by atoms with Crippen molar-refractivity contribution in [1.82, 2.24) is 4.90 Å². The second kappa shape index (κ2) is 6.97. The number of thiophene rings is 1. The number of ether oxygens (including phenoxy) is 2. The Morgan fingerprint density at radius 3 is 2.61 bits per heavy atom. The van der Waals surface area contributed by atoms with Gasteiger partial charge in [0, 0.05) is 36.4 Å². The summed E-state index contributed by atoms with van der Waals surface area (Å²) in [6.07, 6.45) is 4.70. The summed E-state index contributed by atoms with van der Waals surface area (Å²) in [6, 6.07) is 13.0. The molecule has 5 rings (SSSR count). The highest BCUT2D eigenvalue weighted by atomic mass is 32.1. The van der Waals surface area contributed by atoms with Gasteiger partial charge in [-0.3, -0.25) is 4.79 Å². The molecule has 4 nitrogen and oxygen atoms in total. The molecule has 1 amide bonds. The van der Waals surface area contributed by atoms with Crippen molar-refractivity contribution >= 4 is 17.2 Å². The average molecular weight is 398 g/mol. The van der Waals surface area contributed by atoms with Crippen molar-refractivity contribution in [3.63, 3.8) is 0 Å².